The van der Waals surface area contributed by atoms with Gasteiger partial charge in [0, 0.05) is 11.8 Å². The zero-order chi connectivity index (χ0) is 13.8. The van der Waals surface area contributed by atoms with Gasteiger partial charge in [-0.25, -0.2) is 0 Å². The molecule has 0 saturated heterocycles. The molecule has 0 fully saturated rings. The third-order valence-electron chi connectivity index (χ3n) is 2.26. The minimum atomic E-state index is -0.650. The first kappa shape index (κ1) is 12.4. The Morgan fingerprint density at radius 1 is 1.53 bits per heavy atom. The summed E-state index contributed by atoms with van der Waals surface area (Å²) in [6.45, 7) is 0.00128. The highest BCUT2D eigenvalue weighted by Gasteiger charge is 2.20. The predicted molar refractivity (Wildman–Crippen MR) is 62.9 cm³/mol. The van der Waals surface area contributed by atoms with Gasteiger partial charge in [-0.05, 0) is 12.1 Å². The molecule has 2 aromatic rings. The highest BCUT2D eigenvalue weighted by molar-refractivity contribution is 5.98. The molecule has 2 rings (SSSR count). The van der Waals surface area contributed by atoms with Crippen LogP contribution in [0.1, 0.15) is 16.2 Å². The van der Waals surface area contributed by atoms with Crippen molar-refractivity contribution in [2.24, 2.45) is 0 Å². The molecule has 10 heteroatoms. The van der Waals surface area contributed by atoms with Crippen LogP contribution >= 0.6 is 0 Å². The number of rotatable bonds is 4. The normalized spacial score (nSPS) is 10.1. The highest BCUT2D eigenvalue weighted by Crippen LogP contribution is 2.21. The lowest BCUT2D eigenvalue weighted by Crippen LogP contribution is -2.24. The van der Waals surface area contributed by atoms with E-state index in [-0.39, 0.29) is 29.3 Å². The fourth-order valence-corrected chi connectivity index (χ4v) is 1.41. The summed E-state index contributed by atoms with van der Waals surface area (Å²) in [6, 6.07) is 3.77. The number of hydrogen-bond acceptors (Lipinski definition) is 7. The molecular formula is C9H9N7O3. The number of nitrogens with zero attached hydrogens (tertiary/aromatic N) is 4. The summed E-state index contributed by atoms with van der Waals surface area (Å²) in [5, 5.41) is 26.1. The molecule has 0 aliphatic heterocycles. The molecule has 0 unspecified atom stereocenters. The molecule has 0 aliphatic rings. The number of aromatic amines is 1. The summed E-state index contributed by atoms with van der Waals surface area (Å²) in [4.78, 5) is 22.0. The van der Waals surface area contributed by atoms with Gasteiger partial charge in [0.15, 0.2) is 5.82 Å². The molecule has 4 N–H and O–H groups in total. The predicted octanol–water partition coefficient (Wildman–Crippen LogP) is -0.380. The Morgan fingerprint density at radius 3 is 2.95 bits per heavy atom. The largest absolute Gasteiger partial charge is 0.399 e. The van der Waals surface area contributed by atoms with Crippen molar-refractivity contribution in [3.8, 4) is 0 Å². The first-order valence-electron chi connectivity index (χ1n) is 5.12. The first-order valence-corrected chi connectivity index (χ1v) is 5.12. The SMILES string of the molecule is Nc1ccc([N+](=O)[O-])c(C(=O)NCc2nn[nH]n2)c1. The van der Waals surface area contributed by atoms with Crippen LogP contribution in [0.4, 0.5) is 11.4 Å². The van der Waals surface area contributed by atoms with E-state index in [1.54, 1.807) is 0 Å². The molecule has 1 amide bonds. The summed E-state index contributed by atoms with van der Waals surface area (Å²) >= 11 is 0. The Kier molecular flexibility index (Phi) is 3.32. The second kappa shape index (κ2) is 5.08. The van der Waals surface area contributed by atoms with Gasteiger partial charge < -0.3 is 11.1 Å². The highest BCUT2D eigenvalue weighted by atomic mass is 16.6. The number of tetrazole rings is 1. The number of nitrogen functional groups attached to an aromatic ring is 1. The van der Waals surface area contributed by atoms with Crippen molar-refractivity contribution >= 4 is 17.3 Å². The van der Waals surface area contributed by atoms with Crippen LogP contribution in [-0.2, 0) is 6.54 Å². The van der Waals surface area contributed by atoms with Gasteiger partial charge >= 0.3 is 0 Å². The van der Waals surface area contributed by atoms with Crippen LogP contribution in [0, 0.1) is 10.1 Å². The van der Waals surface area contributed by atoms with Gasteiger partial charge in [0.25, 0.3) is 11.6 Å². The number of benzene rings is 1. The summed E-state index contributed by atoms with van der Waals surface area (Å²) in [5.74, 6) is -0.372. The van der Waals surface area contributed by atoms with Crippen LogP contribution in [0.5, 0.6) is 0 Å². The maximum Gasteiger partial charge on any atom is 0.282 e. The van der Waals surface area contributed by atoms with E-state index >= 15 is 0 Å². The summed E-state index contributed by atoms with van der Waals surface area (Å²) in [7, 11) is 0. The zero-order valence-electron chi connectivity index (χ0n) is 9.53. The molecule has 0 spiro atoms. The van der Waals surface area contributed by atoms with Crippen molar-refractivity contribution in [2.45, 2.75) is 6.54 Å². The number of carbonyl (C=O) groups excluding carboxylic acids is 1. The Morgan fingerprint density at radius 2 is 2.32 bits per heavy atom. The molecule has 1 heterocycles. The fraction of sp³-hybridized carbons (Fsp3) is 0.111. The minimum Gasteiger partial charge on any atom is -0.399 e. The topological polar surface area (TPSA) is 153 Å². The van der Waals surface area contributed by atoms with Crippen molar-refractivity contribution in [2.75, 3.05) is 5.73 Å². The second-order valence-electron chi connectivity index (χ2n) is 3.54. The number of hydrogen-bond donors (Lipinski definition) is 3. The van der Waals surface area contributed by atoms with Crippen LogP contribution in [-0.4, -0.2) is 31.5 Å². The van der Waals surface area contributed by atoms with E-state index in [4.69, 9.17) is 5.73 Å². The molecular weight excluding hydrogens is 254 g/mol. The molecule has 0 atom stereocenters. The van der Waals surface area contributed by atoms with Crippen LogP contribution < -0.4 is 11.1 Å². The number of nitro benzene ring substituents is 1. The molecule has 1 aromatic carbocycles. The molecule has 1 aromatic heterocycles. The van der Waals surface area contributed by atoms with Crippen molar-refractivity contribution in [3.63, 3.8) is 0 Å². The van der Waals surface area contributed by atoms with E-state index in [2.05, 4.69) is 25.9 Å². The molecule has 0 bridgehead atoms. The molecule has 98 valence electrons. The minimum absolute atomic E-state index is 0.00128. The Bertz CT molecular complexity index is 610. The third kappa shape index (κ3) is 2.80. The molecule has 10 nitrogen and oxygen atoms in total. The summed E-state index contributed by atoms with van der Waals surface area (Å²) in [6.07, 6.45) is 0. The molecule has 0 aliphatic carbocycles. The van der Waals surface area contributed by atoms with Gasteiger partial charge in [-0.2, -0.15) is 5.21 Å². The quantitative estimate of drug-likeness (QED) is 0.386. The lowest BCUT2D eigenvalue weighted by atomic mass is 10.1. The van der Waals surface area contributed by atoms with Crippen molar-refractivity contribution in [1.82, 2.24) is 25.9 Å². The van der Waals surface area contributed by atoms with Gasteiger partial charge in [0.1, 0.15) is 5.56 Å². The average molecular weight is 263 g/mol. The van der Waals surface area contributed by atoms with Crippen LogP contribution in [0.2, 0.25) is 0 Å². The smallest absolute Gasteiger partial charge is 0.282 e. The molecule has 19 heavy (non-hydrogen) atoms. The maximum absolute atomic E-state index is 11.9. The van der Waals surface area contributed by atoms with Gasteiger partial charge in [0.2, 0.25) is 0 Å². The van der Waals surface area contributed by atoms with Crippen LogP contribution in [0.15, 0.2) is 18.2 Å². The summed E-state index contributed by atoms with van der Waals surface area (Å²) in [5.41, 5.74) is 5.34. The second-order valence-corrected chi connectivity index (χ2v) is 3.54. The number of amides is 1. The van der Waals surface area contributed by atoms with E-state index in [9.17, 15) is 14.9 Å². The van der Waals surface area contributed by atoms with E-state index in [1.165, 1.54) is 18.2 Å². The zero-order valence-corrected chi connectivity index (χ0v) is 9.53. The fourth-order valence-electron chi connectivity index (χ4n) is 1.41. The van der Waals surface area contributed by atoms with Gasteiger partial charge in [-0.1, -0.05) is 5.21 Å². The van der Waals surface area contributed by atoms with Crippen molar-refractivity contribution in [3.05, 3.63) is 39.7 Å². The standard InChI is InChI=1S/C9H9N7O3/c10-5-1-2-7(16(18)19)6(3-5)9(17)11-4-8-12-14-15-13-8/h1-3H,4,10H2,(H,11,17)(H,12,13,14,15). The van der Waals surface area contributed by atoms with Gasteiger partial charge in [-0.15, -0.1) is 10.2 Å². The third-order valence-corrected chi connectivity index (χ3v) is 2.26. The first-order chi connectivity index (χ1) is 9.08. The number of anilines is 1. The Hall–Kier alpha value is -3.04. The number of carbonyl (C=O) groups is 1. The number of nitrogens with two attached hydrogens (primary N) is 1. The number of nitro groups is 1. The van der Waals surface area contributed by atoms with Gasteiger partial charge in [0.05, 0.1) is 11.5 Å². The van der Waals surface area contributed by atoms with E-state index in [0.29, 0.717) is 0 Å². The van der Waals surface area contributed by atoms with Gasteiger partial charge in [-0.3, -0.25) is 14.9 Å². The Labute approximate surface area is 106 Å². The maximum atomic E-state index is 11.9. The summed E-state index contributed by atoms with van der Waals surface area (Å²) < 4.78 is 0. The number of aromatic nitrogens is 4. The van der Waals surface area contributed by atoms with Crippen LogP contribution in [0.3, 0.4) is 0 Å². The molecule has 0 saturated carbocycles. The van der Waals surface area contributed by atoms with E-state index in [1.807, 2.05) is 0 Å². The molecule has 0 radical (unpaired) electrons. The van der Waals surface area contributed by atoms with E-state index in [0.717, 1.165) is 0 Å². The van der Waals surface area contributed by atoms with Crippen LogP contribution in [0.25, 0.3) is 0 Å². The lowest BCUT2D eigenvalue weighted by molar-refractivity contribution is -0.385. The lowest BCUT2D eigenvalue weighted by Gasteiger charge is -2.04. The Balaban J connectivity index is 2.18. The monoisotopic (exact) mass is 263 g/mol. The van der Waals surface area contributed by atoms with E-state index < -0.39 is 10.8 Å². The number of nitrogens with one attached hydrogen (secondary N) is 2. The number of H-pyrrole nitrogens is 1. The van der Waals surface area contributed by atoms with Crippen molar-refractivity contribution in [1.29, 1.82) is 0 Å². The van der Waals surface area contributed by atoms with Crippen molar-refractivity contribution < 1.29 is 9.72 Å². The average Bonchev–Trinajstić information content (AvgIpc) is 2.88.